The Morgan fingerprint density at radius 1 is 1.34 bits per heavy atom. The predicted molar refractivity (Wildman–Crippen MR) is 128 cm³/mol. The molecule has 0 unspecified atom stereocenters. The fourth-order valence-electron chi connectivity index (χ4n) is 3.97. The number of carbonyl (C=O) groups excluding carboxylic acids is 1. The number of allylic oxidation sites excluding steroid dienone is 1. The number of anilines is 1. The summed E-state index contributed by atoms with van der Waals surface area (Å²) in [6, 6.07) is 4.22. The van der Waals surface area contributed by atoms with Gasteiger partial charge in [-0.15, -0.1) is 6.58 Å². The van der Waals surface area contributed by atoms with Crippen molar-refractivity contribution in [1.82, 2.24) is 4.90 Å². The van der Waals surface area contributed by atoms with Crippen molar-refractivity contribution >= 4 is 51.5 Å². The molecule has 6 heteroatoms. The van der Waals surface area contributed by atoms with Crippen LogP contribution in [0.1, 0.15) is 45.2 Å². The molecule has 2 aliphatic heterocycles. The number of thioether (sulfide) groups is 1. The third-order valence-corrected chi connectivity index (χ3v) is 6.63. The van der Waals surface area contributed by atoms with Gasteiger partial charge in [-0.2, -0.15) is 0 Å². The molecule has 0 atom stereocenters. The number of thiocarbonyl (C=S) groups is 1. The number of benzene rings is 1. The van der Waals surface area contributed by atoms with E-state index >= 15 is 0 Å². The summed E-state index contributed by atoms with van der Waals surface area (Å²) in [7, 11) is 1.67. The highest BCUT2D eigenvalue weighted by Crippen LogP contribution is 2.43. The fraction of sp³-hybridized carbons (Fsp3) is 0.391. The molecule has 0 aromatic heterocycles. The van der Waals surface area contributed by atoms with Crippen molar-refractivity contribution in [2.45, 2.75) is 39.7 Å². The summed E-state index contributed by atoms with van der Waals surface area (Å²) >= 11 is 6.68. The second-order valence-electron chi connectivity index (χ2n) is 7.82. The van der Waals surface area contributed by atoms with Gasteiger partial charge in [-0.25, -0.2) is 0 Å². The fourth-order valence-corrected chi connectivity index (χ4v) is 5.24. The van der Waals surface area contributed by atoms with E-state index in [9.17, 15) is 4.79 Å². The highest BCUT2D eigenvalue weighted by Gasteiger charge is 2.33. The Kier molecular flexibility index (Phi) is 6.24. The molecule has 1 aromatic rings. The van der Waals surface area contributed by atoms with Crippen LogP contribution in [0.25, 0.3) is 11.6 Å². The Bertz CT molecular complexity index is 931. The van der Waals surface area contributed by atoms with Crippen LogP contribution in [0.15, 0.2) is 35.8 Å². The maximum atomic E-state index is 12.7. The van der Waals surface area contributed by atoms with Crippen LogP contribution in [-0.4, -0.2) is 40.9 Å². The highest BCUT2D eigenvalue weighted by molar-refractivity contribution is 8.26. The third-order valence-electron chi connectivity index (χ3n) is 5.25. The summed E-state index contributed by atoms with van der Waals surface area (Å²) in [4.78, 5) is 17.3. The number of hydrogen-bond donors (Lipinski definition) is 0. The van der Waals surface area contributed by atoms with E-state index in [1.807, 2.05) is 6.08 Å². The van der Waals surface area contributed by atoms with Crippen molar-refractivity contribution in [3.05, 3.63) is 46.9 Å². The first-order valence-electron chi connectivity index (χ1n) is 9.79. The van der Waals surface area contributed by atoms with E-state index < -0.39 is 0 Å². The molecule has 3 rings (SSSR count). The lowest BCUT2D eigenvalue weighted by molar-refractivity contribution is -0.121. The van der Waals surface area contributed by atoms with Crippen molar-refractivity contribution in [2.24, 2.45) is 0 Å². The zero-order valence-corrected chi connectivity index (χ0v) is 19.4. The third kappa shape index (κ3) is 4.01. The number of fused-ring (bicyclic) bond motifs is 1. The van der Waals surface area contributed by atoms with E-state index in [1.165, 1.54) is 28.6 Å². The average Bonchev–Trinajstić information content (AvgIpc) is 2.92. The van der Waals surface area contributed by atoms with Gasteiger partial charge in [0.05, 0.1) is 17.6 Å². The van der Waals surface area contributed by atoms with Gasteiger partial charge in [0.2, 0.25) is 0 Å². The molecular weight excluding hydrogens is 400 g/mol. The van der Waals surface area contributed by atoms with Gasteiger partial charge in [0.25, 0.3) is 5.91 Å². The molecule has 0 spiro atoms. The number of rotatable bonds is 6. The first-order chi connectivity index (χ1) is 13.7. The van der Waals surface area contributed by atoms with Crippen LogP contribution in [0.2, 0.25) is 0 Å². The largest absolute Gasteiger partial charge is 0.496 e. The van der Waals surface area contributed by atoms with E-state index in [0.29, 0.717) is 15.8 Å². The molecule has 0 N–H and O–H groups in total. The van der Waals surface area contributed by atoms with Crippen LogP contribution >= 0.6 is 24.0 Å². The van der Waals surface area contributed by atoms with Gasteiger partial charge in [-0.1, -0.05) is 43.1 Å². The average molecular weight is 429 g/mol. The van der Waals surface area contributed by atoms with Gasteiger partial charge >= 0.3 is 0 Å². The maximum absolute atomic E-state index is 12.7. The minimum absolute atomic E-state index is 0.0628. The second-order valence-corrected chi connectivity index (χ2v) is 9.50. The Balaban J connectivity index is 2.09. The summed E-state index contributed by atoms with van der Waals surface area (Å²) in [6.07, 6.45) is 6.94. The van der Waals surface area contributed by atoms with E-state index in [1.54, 1.807) is 18.1 Å². The molecule has 154 valence electrons. The van der Waals surface area contributed by atoms with Gasteiger partial charge < -0.3 is 9.64 Å². The van der Waals surface area contributed by atoms with Crippen LogP contribution < -0.4 is 9.64 Å². The zero-order valence-electron chi connectivity index (χ0n) is 17.7. The standard InChI is InChI=1S/C23H28N2O2S2/c1-7-9-24-21(26)20(29-22(24)28)12-16-11-17-15(3)14-23(4,5)25(10-8-2)18(17)13-19(16)27-6/h7,11-14H,1,8-10H2,2-6H3/b20-12+. The van der Waals surface area contributed by atoms with Crippen molar-refractivity contribution in [3.8, 4) is 5.75 Å². The Morgan fingerprint density at radius 2 is 2.07 bits per heavy atom. The number of ether oxygens (including phenoxy) is 1. The smallest absolute Gasteiger partial charge is 0.266 e. The molecule has 0 bridgehead atoms. The maximum Gasteiger partial charge on any atom is 0.266 e. The Labute approximate surface area is 183 Å². The van der Waals surface area contributed by atoms with Crippen LogP contribution in [0.4, 0.5) is 5.69 Å². The monoisotopic (exact) mass is 428 g/mol. The summed E-state index contributed by atoms with van der Waals surface area (Å²) < 4.78 is 6.27. The number of hydrogen-bond acceptors (Lipinski definition) is 5. The van der Waals surface area contributed by atoms with Crippen molar-refractivity contribution in [2.75, 3.05) is 25.1 Å². The number of nitrogens with zero attached hydrogens (tertiary/aromatic N) is 2. The van der Waals surface area contributed by atoms with Crippen LogP contribution in [0.3, 0.4) is 0 Å². The minimum Gasteiger partial charge on any atom is -0.496 e. The molecule has 4 nitrogen and oxygen atoms in total. The SMILES string of the molecule is C=CCN1C(=O)/C(=C\c2cc3c(cc2OC)N(CCC)C(C)(C)C=C3C)SC1=S. The highest BCUT2D eigenvalue weighted by atomic mass is 32.2. The summed E-state index contributed by atoms with van der Waals surface area (Å²) in [6.45, 7) is 13.9. The molecule has 1 amide bonds. The first-order valence-corrected chi connectivity index (χ1v) is 11.0. The lowest BCUT2D eigenvalue weighted by atomic mass is 9.87. The molecule has 1 saturated heterocycles. The van der Waals surface area contributed by atoms with Crippen LogP contribution in [0.5, 0.6) is 5.75 Å². The van der Waals surface area contributed by atoms with Crippen LogP contribution in [0, 0.1) is 0 Å². The Morgan fingerprint density at radius 3 is 2.69 bits per heavy atom. The zero-order chi connectivity index (χ0) is 21.3. The molecule has 1 fully saturated rings. The topological polar surface area (TPSA) is 32.8 Å². The number of carbonyl (C=O) groups is 1. The van der Waals surface area contributed by atoms with Gasteiger partial charge in [-0.05, 0) is 44.9 Å². The van der Waals surface area contributed by atoms with Gasteiger partial charge in [0.1, 0.15) is 10.1 Å². The van der Waals surface area contributed by atoms with E-state index in [-0.39, 0.29) is 11.4 Å². The quantitative estimate of drug-likeness (QED) is 0.340. The normalized spacial score (nSPS) is 19.5. The molecule has 0 aliphatic carbocycles. The molecule has 29 heavy (non-hydrogen) atoms. The van der Waals surface area contributed by atoms with E-state index in [2.05, 4.69) is 57.4 Å². The Hall–Kier alpha value is -2.05. The first kappa shape index (κ1) is 21.7. The van der Waals surface area contributed by atoms with Crippen molar-refractivity contribution < 1.29 is 9.53 Å². The van der Waals surface area contributed by atoms with Gasteiger partial charge in [0.15, 0.2) is 0 Å². The molecule has 0 radical (unpaired) electrons. The van der Waals surface area contributed by atoms with Crippen molar-refractivity contribution in [1.29, 1.82) is 0 Å². The summed E-state index contributed by atoms with van der Waals surface area (Å²) in [5.74, 6) is 0.671. The van der Waals surface area contributed by atoms with E-state index in [4.69, 9.17) is 17.0 Å². The molecule has 1 aromatic carbocycles. The number of amides is 1. The molecular formula is C23H28N2O2S2. The molecule has 2 heterocycles. The second kappa shape index (κ2) is 8.36. The predicted octanol–water partition coefficient (Wildman–Crippen LogP) is 5.49. The van der Waals surface area contributed by atoms with Crippen LogP contribution in [-0.2, 0) is 4.79 Å². The summed E-state index contributed by atoms with van der Waals surface area (Å²) in [5, 5.41) is 0. The van der Waals surface area contributed by atoms with Gasteiger partial charge in [0, 0.05) is 36.0 Å². The molecule has 0 saturated carbocycles. The van der Waals surface area contributed by atoms with E-state index in [0.717, 1.165) is 24.3 Å². The molecule has 2 aliphatic rings. The number of methoxy groups -OCH3 is 1. The lowest BCUT2D eigenvalue weighted by Crippen LogP contribution is -2.45. The van der Waals surface area contributed by atoms with Gasteiger partial charge in [-0.3, -0.25) is 9.69 Å². The minimum atomic E-state index is -0.0827. The van der Waals surface area contributed by atoms with Crippen molar-refractivity contribution in [3.63, 3.8) is 0 Å². The lowest BCUT2D eigenvalue weighted by Gasteiger charge is -2.43. The summed E-state index contributed by atoms with van der Waals surface area (Å²) in [5.41, 5.74) is 4.40.